The third-order valence-corrected chi connectivity index (χ3v) is 9.58. The second-order valence-electron chi connectivity index (χ2n) is 10.5. The third kappa shape index (κ3) is 7.13. The molecule has 19 nitrogen and oxygen atoms in total. The van der Waals surface area contributed by atoms with E-state index in [1.165, 1.54) is 16.1 Å². The number of carbonyl (C=O) groups excluding carboxylic acids is 3. The number of benzene rings is 1. The minimum absolute atomic E-state index is 0.0267. The number of nitrogen functional groups attached to an aromatic ring is 1. The fourth-order valence-electron chi connectivity index (χ4n) is 4.76. The number of oxime groups is 1. The lowest BCUT2D eigenvalue weighted by Crippen LogP contribution is -2.71. The number of pyridine rings is 1. The Balaban J connectivity index is 1.30. The Morgan fingerprint density at radius 3 is 2.52 bits per heavy atom. The lowest BCUT2D eigenvalue weighted by molar-refractivity contribution is -0.150. The first-order valence-corrected chi connectivity index (χ1v) is 16.2. The van der Waals surface area contributed by atoms with Gasteiger partial charge in [-0.05, 0) is 17.7 Å². The zero-order valence-electron chi connectivity index (χ0n) is 25.0. The number of aliphatic carboxylic acids is 2. The van der Waals surface area contributed by atoms with E-state index in [1.807, 2.05) is 0 Å². The second kappa shape index (κ2) is 14.4. The van der Waals surface area contributed by atoms with E-state index in [0.29, 0.717) is 5.57 Å². The van der Waals surface area contributed by atoms with Gasteiger partial charge in [0.25, 0.3) is 17.7 Å². The number of thioether (sulfide) groups is 1. The number of carbonyl (C=O) groups is 5. The van der Waals surface area contributed by atoms with Crippen molar-refractivity contribution in [1.29, 1.82) is 0 Å². The van der Waals surface area contributed by atoms with Crippen LogP contribution in [0.2, 0.25) is 5.02 Å². The molecule has 22 heteroatoms. The summed E-state index contributed by atoms with van der Waals surface area (Å²) < 4.78 is 1.38. The van der Waals surface area contributed by atoms with Gasteiger partial charge in [-0.3, -0.25) is 24.1 Å². The number of hydrogen-bond donors (Lipinski definition) is 8. The minimum Gasteiger partial charge on any atom is -0.504 e. The molecule has 9 N–H and O–H groups in total. The van der Waals surface area contributed by atoms with Crippen LogP contribution in [0.3, 0.4) is 0 Å². The van der Waals surface area contributed by atoms with Gasteiger partial charge >= 0.3 is 11.9 Å². The van der Waals surface area contributed by atoms with Gasteiger partial charge in [0, 0.05) is 29.9 Å². The molecular formula is C28H24ClN7O12S2. The molecule has 0 spiro atoms. The maximum Gasteiger partial charge on any atom is 0.352 e. The summed E-state index contributed by atoms with van der Waals surface area (Å²) in [6.45, 7) is -0.895. The van der Waals surface area contributed by atoms with Crippen LogP contribution >= 0.6 is 34.7 Å². The van der Waals surface area contributed by atoms with E-state index in [9.17, 15) is 54.3 Å². The molecule has 2 aliphatic heterocycles. The lowest BCUT2D eigenvalue weighted by Gasteiger charge is -2.49. The zero-order valence-corrected chi connectivity index (χ0v) is 27.4. The maximum atomic E-state index is 13.4. The van der Waals surface area contributed by atoms with Gasteiger partial charge in [-0.15, -0.1) is 23.1 Å². The zero-order chi connectivity index (χ0) is 36.4. The fraction of sp³-hybridized carbons (Fsp3) is 0.214. The van der Waals surface area contributed by atoms with Gasteiger partial charge in [-0.2, -0.15) is 0 Å². The molecule has 50 heavy (non-hydrogen) atoms. The molecule has 0 aliphatic carbocycles. The van der Waals surface area contributed by atoms with Gasteiger partial charge in [0.05, 0.1) is 16.8 Å². The van der Waals surface area contributed by atoms with Gasteiger partial charge in [0.2, 0.25) is 5.43 Å². The van der Waals surface area contributed by atoms with E-state index in [0.717, 1.165) is 52.4 Å². The summed E-state index contributed by atoms with van der Waals surface area (Å²) in [5.41, 5.74) is 4.07. The molecule has 3 amide bonds. The van der Waals surface area contributed by atoms with Crippen molar-refractivity contribution in [2.24, 2.45) is 5.16 Å². The number of phenols is 2. The van der Waals surface area contributed by atoms with Gasteiger partial charge in [-0.1, -0.05) is 16.8 Å². The van der Waals surface area contributed by atoms with E-state index in [2.05, 4.69) is 20.8 Å². The van der Waals surface area contributed by atoms with Crippen molar-refractivity contribution in [3.05, 3.63) is 73.7 Å². The number of nitrogens with two attached hydrogens (primary N) is 1. The molecular weight excluding hydrogens is 726 g/mol. The molecule has 0 bridgehead atoms. The summed E-state index contributed by atoms with van der Waals surface area (Å²) in [5, 5.41) is 56.9. The Kier molecular flexibility index (Phi) is 10.2. The predicted octanol–water partition coefficient (Wildman–Crippen LogP) is -0.300. The number of β-lactam (4-membered cyclic amide) rings is 1. The Hall–Kier alpha value is -5.80. The average Bonchev–Trinajstić information content (AvgIpc) is 3.50. The quantitative estimate of drug-likeness (QED) is 0.0510. The first kappa shape index (κ1) is 35.5. The summed E-state index contributed by atoms with van der Waals surface area (Å²) in [7, 11) is 0. The van der Waals surface area contributed by atoms with E-state index in [4.69, 9.17) is 22.2 Å². The van der Waals surface area contributed by atoms with Crippen LogP contribution in [0.5, 0.6) is 17.2 Å². The highest BCUT2D eigenvalue weighted by Gasteiger charge is 2.54. The largest absolute Gasteiger partial charge is 0.504 e. The Morgan fingerprint density at radius 2 is 1.88 bits per heavy atom. The van der Waals surface area contributed by atoms with Crippen LogP contribution in [0, 0.1) is 0 Å². The summed E-state index contributed by atoms with van der Waals surface area (Å²) in [6, 6.07) is 0.125. The number of hydrogen-bond acceptors (Lipinski definition) is 15. The smallest absolute Gasteiger partial charge is 0.352 e. The number of fused-ring (bicyclic) bond motifs is 1. The van der Waals surface area contributed by atoms with E-state index in [-0.39, 0.29) is 34.4 Å². The van der Waals surface area contributed by atoms with E-state index in [1.54, 1.807) is 0 Å². The first-order valence-electron chi connectivity index (χ1n) is 13.9. The molecule has 262 valence electrons. The summed E-state index contributed by atoms with van der Waals surface area (Å²) in [4.78, 5) is 85.1. The predicted molar refractivity (Wildman–Crippen MR) is 175 cm³/mol. The summed E-state index contributed by atoms with van der Waals surface area (Å²) >= 11 is 7.96. The Labute approximate surface area is 292 Å². The Morgan fingerprint density at radius 1 is 1.14 bits per heavy atom. The number of halogens is 1. The average molecular weight is 750 g/mol. The first-order chi connectivity index (χ1) is 23.7. The van der Waals surface area contributed by atoms with Crippen LogP contribution in [-0.4, -0.2) is 105 Å². The highest BCUT2D eigenvalue weighted by Crippen LogP contribution is 2.41. The van der Waals surface area contributed by atoms with Gasteiger partial charge < -0.3 is 51.3 Å². The molecule has 4 heterocycles. The molecule has 0 radical (unpaired) electrons. The summed E-state index contributed by atoms with van der Waals surface area (Å²) in [6.07, 6.45) is 2.48. The number of thiazole rings is 1. The SMILES string of the molecule is Nc1nc(/C(=N/OC[C@H](NC(=O)c2ccc(O)c(O)c2Cl)C(=O)O)C(=O)N[C@@H]2C(=O)N3C(C(=O)O)=C(Cn4ccc(=O)c(O)c4)CS[C@H]23)cs1. The maximum absolute atomic E-state index is 13.4. The van der Waals surface area contributed by atoms with Crippen molar-refractivity contribution in [1.82, 2.24) is 25.1 Å². The van der Waals surface area contributed by atoms with Crippen LogP contribution in [-0.2, 0) is 30.6 Å². The van der Waals surface area contributed by atoms with Gasteiger partial charge in [0.15, 0.2) is 34.1 Å². The fourth-order valence-corrected chi connectivity index (χ4v) is 6.89. The molecule has 2 aliphatic rings. The van der Waals surface area contributed by atoms with Crippen molar-refractivity contribution in [2.75, 3.05) is 18.1 Å². The molecule has 1 saturated heterocycles. The van der Waals surface area contributed by atoms with Crippen LogP contribution in [0.25, 0.3) is 0 Å². The number of anilines is 1. The van der Waals surface area contributed by atoms with E-state index >= 15 is 0 Å². The lowest BCUT2D eigenvalue weighted by atomic mass is 10.0. The number of nitrogens with one attached hydrogen (secondary N) is 2. The number of rotatable bonds is 12. The second-order valence-corrected chi connectivity index (χ2v) is 12.8. The van der Waals surface area contributed by atoms with Gasteiger partial charge in [-0.25, -0.2) is 14.6 Å². The summed E-state index contributed by atoms with van der Waals surface area (Å²) in [5.74, 6) is -7.65. The topological polar surface area (TPSA) is 296 Å². The molecule has 5 rings (SSSR count). The highest BCUT2D eigenvalue weighted by atomic mass is 35.5. The molecule has 0 saturated carbocycles. The van der Waals surface area contributed by atoms with Crippen molar-refractivity contribution in [3.8, 4) is 17.2 Å². The number of amides is 3. The van der Waals surface area contributed by atoms with Crippen molar-refractivity contribution in [2.45, 2.75) is 24.0 Å². The number of aromatic nitrogens is 2. The molecule has 2 aromatic heterocycles. The van der Waals surface area contributed by atoms with Crippen molar-refractivity contribution < 1.29 is 54.3 Å². The van der Waals surface area contributed by atoms with Crippen molar-refractivity contribution in [3.63, 3.8) is 0 Å². The molecule has 3 atom stereocenters. The highest BCUT2D eigenvalue weighted by molar-refractivity contribution is 8.00. The van der Waals surface area contributed by atoms with Gasteiger partial charge in [0.1, 0.15) is 29.4 Å². The van der Waals surface area contributed by atoms with Crippen LogP contribution in [0.1, 0.15) is 16.1 Å². The molecule has 1 fully saturated rings. The monoisotopic (exact) mass is 749 g/mol. The number of carboxylic acids is 2. The van der Waals surface area contributed by atoms with Crippen LogP contribution < -0.4 is 21.8 Å². The standard InChI is InChI=1S/C28H24ClN7O12S2/c29-17-11(1-2-15(38)21(17)40)22(41)31-12(26(44)45)7-48-34-18(13-9-50-28(30)32-13)23(42)33-19-24(43)36-20(27(46)47)10(8-49-25(19)36)5-35-4-3-14(37)16(39)6-35/h1-4,6,9,12,19,25,38-40H,5,7-8H2,(H2,30,32)(H,31,41)(H,33,42)(H,44,45)(H,46,47)/b34-18-/t12-,19+,25+/m0/s1. The third-order valence-electron chi connectivity index (χ3n) is 7.19. The van der Waals surface area contributed by atoms with Crippen LogP contribution in [0.15, 0.2) is 57.2 Å². The Bertz CT molecular complexity index is 2050. The number of carboxylic acid groups (broad SMARTS) is 2. The molecule has 0 unspecified atom stereocenters. The molecule has 3 aromatic rings. The van der Waals surface area contributed by atoms with Crippen LogP contribution in [0.4, 0.5) is 5.13 Å². The van der Waals surface area contributed by atoms with E-state index < -0.39 is 87.1 Å². The number of aromatic hydroxyl groups is 3. The molecule has 1 aromatic carbocycles. The van der Waals surface area contributed by atoms with Crippen molar-refractivity contribution >= 4 is 75.2 Å². The number of nitrogens with zero attached hydrogens (tertiary/aromatic N) is 4. The normalized spacial score (nSPS) is 17.7. The minimum atomic E-state index is -1.76. The number of phenolic OH excluding ortho intramolecular Hbond substituents is 2.